The van der Waals surface area contributed by atoms with E-state index in [0.29, 0.717) is 28.4 Å². The van der Waals surface area contributed by atoms with Crippen LogP contribution in [0.1, 0.15) is 39.2 Å². The first-order valence-electron chi connectivity index (χ1n) is 12.8. The third-order valence-electron chi connectivity index (χ3n) is 6.74. The molecule has 11 heteroatoms. The van der Waals surface area contributed by atoms with Gasteiger partial charge in [0.1, 0.15) is 11.8 Å². The van der Waals surface area contributed by atoms with Gasteiger partial charge in [0.15, 0.2) is 5.82 Å². The number of aromatic nitrogens is 2. The summed E-state index contributed by atoms with van der Waals surface area (Å²) in [6, 6.07) is 23.0. The number of hydrogen-bond donors (Lipinski definition) is 2. The molecule has 0 radical (unpaired) electrons. The molecule has 3 unspecified atom stereocenters. The van der Waals surface area contributed by atoms with Crippen LogP contribution in [0.15, 0.2) is 89.5 Å². The summed E-state index contributed by atoms with van der Waals surface area (Å²) in [4.78, 5) is 17.9. The van der Waals surface area contributed by atoms with Crippen molar-refractivity contribution in [2.75, 3.05) is 0 Å². The molecule has 0 fully saturated rings. The summed E-state index contributed by atoms with van der Waals surface area (Å²) in [5.74, 6) is -0.197. The normalized spacial score (nSPS) is 12.2. The lowest BCUT2D eigenvalue weighted by molar-refractivity contribution is 0.0925. The predicted octanol–water partition coefficient (Wildman–Crippen LogP) is 7.21. The van der Waals surface area contributed by atoms with E-state index in [-0.39, 0.29) is 22.8 Å². The Morgan fingerprint density at radius 2 is 1.71 bits per heavy atom. The number of hydrogen-bond acceptors (Lipinski definition) is 5. The van der Waals surface area contributed by atoms with Crippen LogP contribution in [-0.4, -0.2) is 21.2 Å². The number of aromatic hydroxyl groups is 1. The second-order valence-corrected chi connectivity index (χ2v) is 11.5. The first kappa shape index (κ1) is 29.8. The number of amides is 1. The van der Waals surface area contributed by atoms with Crippen LogP contribution >= 0.6 is 30.1 Å². The van der Waals surface area contributed by atoms with Gasteiger partial charge in [-0.1, -0.05) is 92.7 Å². The Bertz CT molecular complexity index is 1760. The van der Waals surface area contributed by atoms with Crippen molar-refractivity contribution in [1.29, 1.82) is 0 Å². The minimum Gasteiger partial charge on any atom is -0.507 e. The van der Waals surface area contributed by atoms with E-state index in [4.69, 9.17) is 16.1 Å². The van der Waals surface area contributed by atoms with E-state index in [2.05, 4.69) is 24.7 Å². The Labute approximate surface area is 250 Å². The van der Waals surface area contributed by atoms with Gasteiger partial charge < -0.3 is 14.9 Å². The molecule has 5 rings (SSSR count). The van der Waals surface area contributed by atoms with E-state index in [1.54, 1.807) is 25.1 Å². The zero-order valence-corrected chi connectivity index (χ0v) is 25.4. The third-order valence-corrected chi connectivity index (χ3v) is 8.09. The maximum atomic E-state index is 13.6. The first-order valence-corrected chi connectivity index (χ1v) is 14.4. The van der Waals surface area contributed by atoms with Crippen molar-refractivity contribution < 1.29 is 23.2 Å². The van der Waals surface area contributed by atoms with Crippen LogP contribution in [0.25, 0.3) is 22.3 Å². The minimum atomic E-state index is -3.05. The van der Waals surface area contributed by atoms with Gasteiger partial charge in [-0.3, -0.25) is 4.79 Å². The van der Waals surface area contributed by atoms with Gasteiger partial charge in [0.05, 0.1) is 5.56 Å². The molecular formula is C31H26ClF2N3O3P2. The summed E-state index contributed by atoms with van der Waals surface area (Å²) < 4.78 is 32.7. The first-order chi connectivity index (χ1) is 20.0. The lowest BCUT2D eigenvalue weighted by Crippen LogP contribution is -2.30. The van der Waals surface area contributed by atoms with Crippen LogP contribution in [0.3, 0.4) is 0 Å². The second kappa shape index (κ2) is 12.3. The van der Waals surface area contributed by atoms with E-state index in [9.17, 15) is 18.7 Å². The lowest BCUT2D eigenvalue weighted by Gasteiger charge is -2.18. The van der Waals surface area contributed by atoms with Gasteiger partial charge in [-0.15, -0.1) is 9.24 Å². The number of carbonyl (C=O) groups excluding carboxylic acids is 1. The third kappa shape index (κ3) is 6.68. The summed E-state index contributed by atoms with van der Waals surface area (Å²) in [6.45, 7) is 1.68. The van der Waals surface area contributed by atoms with E-state index >= 15 is 0 Å². The van der Waals surface area contributed by atoms with Crippen molar-refractivity contribution in [2.45, 2.75) is 25.1 Å². The highest BCUT2D eigenvalue weighted by Gasteiger charge is 2.26. The molecule has 0 saturated carbocycles. The van der Waals surface area contributed by atoms with Gasteiger partial charge >= 0.3 is 0 Å². The topological polar surface area (TPSA) is 88.2 Å². The molecule has 6 nitrogen and oxygen atoms in total. The monoisotopic (exact) mass is 623 g/mol. The van der Waals surface area contributed by atoms with Crippen LogP contribution < -0.4 is 10.6 Å². The predicted molar refractivity (Wildman–Crippen MR) is 166 cm³/mol. The highest BCUT2D eigenvalue weighted by molar-refractivity contribution is 7.28. The van der Waals surface area contributed by atoms with E-state index in [0.717, 1.165) is 22.0 Å². The van der Waals surface area contributed by atoms with Crippen molar-refractivity contribution in [1.82, 2.24) is 15.5 Å². The number of alkyl halides is 2. The fraction of sp³-hybridized carbons (Fsp3) is 0.129. The van der Waals surface area contributed by atoms with Crippen molar-refractivity contribution in [3.8, 4) is 28.0 Å². The Morgan fingerprint density at radius 1 is 1.02 bits per heavy atom. The molecule has 0 aliphatic rings. The minimum absolute atomic E-state index is 0.00490. The molecule has 4 aromatic carbocycles. The number of rotatable bonds is 8. The van der Waals surface area contributed by atoms with Gasteiger partial charge in [0, 0.05) is 17.0 Å². The van der Waals surface area contributed by atoms with Crippen molar-refractivity contribution in [3.05, 3.63) is 118 Å². The van der Waals surface area contributed by atoms with Crippen molar-refractivity contribution in [2.24, 2.45) is 0 Å². The smallest absolute Gasteiger partial charge is 0.283 e. The zero-order valence-electron chi connectivity index (χ0n) is 22.3. The Balaban J connectivity index is 1.46. The number of carbonyl (C=O) groups is 1. The number of phenols is 1. The second-order valence-electron chi connectivity index (χ2n) is 9.74. The molecule has 0 saturated heterocycles. The van der Waals surface area contributed by atoms with Crippen molar-refractivity contribution in [3.63, 3.8) is 0 Å². The molecule has 1 aromatic heterocycles. The molecule has 3 atom stereocenters. The Hall–Kier alpha value is -3.70. The van der Waals surface area contributed by atoms with Crippen LogP contribution in [0.4, 0.5) is 8.78 Å². The lowest BCUT2D eigenvalue weighted by atomic mass is 9.94. The zero-order chi connectivity index (χ0) is 30.0. The average Bonchev–Trinajstić information content (AvgIpc) is 3.40. The molecule has 0 spiro atoms. The molecule has 5 aromatic rings. The summed E-state index contributed by atoms with van der Waals surface area (Å²) in [5, 5.41) is 18.9. The highest BCUT2D eigenvalue weighted by Crippen LogP contribution is 2.36. The molecule has 1 heterocycles. The molecular weight excluding hydrogens is 598 g/mol. The molecule has 214 valence electrons. The maximum Gasteiger partial charge on any atom is 0.283 e. The van der Waals surface area contributed by atoms with Gasteiger partial charge in [-0.05, 0) is 58.2 Å². The maximum absolute atomic E-state index is 13.6. The van der Waals surface area contributed by atoms with E-state index in [1.165, 1.54) is 33.5 Å². The number of benzene rings is 4. The fourth-order valence-electron chi connectivity index (χ4n) is 4.57. The van der Waals surface area contributed by atoms with Gasteiger partial charge in [0.25, 0.3) is 11.6 Å². The van der Waals surface area contributed by atoms with Crippen molar-refractivity contribution >= 4 is 41.3 Å². The average molecular weight is 624 g/mol. The number of aryl methyl sites for hydroxylation is 1. The number of nitrogens with zero attached hydrogens (tertiary/aromatic N) is 2. The Kier molecular flexibility index (Phi) is 8.70. The van der Waals surface area contributed by atoms with Crippen LogP contribution in [-0.2, 0) is 12.1 Å². The van der Waals surface area contributed by atoms with Crippen LogP contribution in [0.2, 0.25) is 5.02 Å². The van der Waals surface area contributed by atoms with Gasteiger partial charge in [-0.2, -0.15) is 13.8 Å². The molecule has 2 N–H and O–H groups in total. The molecule has 0 bridgehead atoms. The quantitative estimate of drug-likeness (QED) is 0.178. The highest BCUT2D eigenvalue weighted by atomic mass is 35.5. The standard InChI is InChI=1S/C31H26ClF2N3O3P2/c1-17-35-30(40-37-17)26(16-20-4-2-3-5-23(20)21-9-13-28(41)25(32)15-21)36-29(39)24-14-19(8-12-27(24)38)18-6-10-22(11-7-18)31(33,34)42/h2-15,26,38H,16,41-42H2,1H3,(H,36,39). The largest absolute Gasteiger partial charge is 0.507 e. The summed E-state index contributed by atoms with van der Waals surface area (Å²) >= 11 is 6.39. The summed E-state index contributed by atoms with van der Waals surface area (Å²) in [6.07, 6.45) is 0.301. The fourth-order valence-corrected chi connectivity index (χ4v) is 5.12. The van der Waals surface area contributed by atoms with E-state index < -0.39 is 17.6 Å². The van der Waals surface area contributed by atoms with E-state index in [1.807, 2.05) is 42.5 Å². The number of phenolic OH excluding ortho intramolecular Hbond substituents is 1. The SMILES string of the molecule is Cc1noc(C(Cc2ccccc2-c2ccc(P)c(Cl)c2)NC(=O)c2cc(-c3ccc(C(F)(F)P)cc3)ccc2O)n1. The molecule has 0 aliphatic heterocycles. The number of halogens is 3. The molecule has 1 amide bonds. The molecule has 42 heavy (non-hydrogen) atoms. The van der Waals surface area contributed by atoms with Crippen LogP contribution in [0, 0.1) is 6.92 Å². The van der Waals surface area contributed by atoms with Gasteiger partial charge in [0.2, 0.25) is 5.89 Å². The van der Waals surface area contributed by atoms with Gasteiger partial charge in [-0.25, -0.2) is 0 Å². The summed E-state index contributed by atoms with van der Waals surface area (Å²) in [7, 11) is 4.10. The summed E-state index contributed by atoms with van der Waals surface area (Å²) in [5.41, 5.74) is 0.702. The molecule has 0 aliphatic carbocycles. The number of nitrogens with one attached hydrogen (secondary N) is 1. The van der Waals surface area contributed by atoms with Crippen LogP contribution in [0.5, 0.6) is 5.75 Å². The Morgan fingerprint density at radius 3 is 2.38 bits per heavy atom.